The molecule has 0 rings (SSSR count). The Morgan fingerprint density at radius 1 is 1.00 bits per heavy atom. The number of rotatable bonds is 6. The van der Waals surface area contributed by atoms with E-state index in [0.29, 0.717) is 0 Å². The molecule has 0 N–H and O–H groups in total. The maximum atomic E-state index is 2.26. The molecule has 0 heterocycles. The van der Waals surface area contributed by atoms with E-state index < -0.39 is 0 Å². The summed E-state index contributed by atoms with van der Waals surface area (Å²) < 4.78 is 0. The Morgan fingerprint density at radius 2 is 1.60 bits per heavy atom. The zero-order valence-corrected chi connectivity index (χ0v) is 10.5. The van der Waals surface area contributed by atoms with E-state index in [1.54, 1.807) is 0 Å². The van der Waals surface area contributed by atoms with E-state index in [4.69, 9.17) is 0 Å². The molecule has 58 valence electrons. The zero-order chi connectivity index (χ0) is 6.95. The fraction of sp³-hybridized carbons (Fsp3) is 0.889. The largest absolute Gasteiger partial charge is 0.332 e. The van der Waals surface area contributed by atoms with Crippen molar-refractivity contribution in [3.8, 4) is 0 Å². The fourth-order valence-electron chi connectivity index (χ4n) is 0.952. The smallest absolute Gasteiger partial charge is 0 e. The maximum absolute atomic E-state index is 2.26. The minimum atomic E-state index is 0. The van der Waals surface area contributed by atoms with Crippen molar-refractivity contribution in [2.24, 2.45) is 0 Å². The summed E-state index contributed by atoms with van der Waals surface area (Å²) in [6, 6.07) is 0. The molecule has 1 heteroatoms. The van der Waals surface area contributed by atoms with Gasteiger partial charge in [-0.3, -0.25) is 0 Å². The van der Waals surface area contributed by atoms with Gasteiger partial charge in [0, 0.05) is 19.5 Å². The molecular formula is C9H19Zn-. The molecule has 0 saturated heterocycles. The molecule has 0 aromatic heterocycles. The first-order valence-electron chi connectivity index (χ1n) is 4.19. The van der Waals surface area contributed by atoms with Crippen molar-refractivity contribution in [1.29, 1.82) is 0 Å². The molecule has 0 bridgehead atoms. The molecule has 0 aliphatic carbocycles. The summed E-state index contributed by atoms with van der Waals surface area (Å²) in [5, 5.41) is 0. The second kappa shape index (κ2) is 12.3. The van der Waals surface area contributed by atoms with E-state index in [-0.39, 0.29) is 19.5 Å². The maximum Gasteiger partial charge on any atom is 0 e. The summed E-state index contributed by atoms with van der Waals surface area (Å²) in [4.78, 5) is 0. The number of hydrogen-bond acceptors (Lipinski definition) is 0. The molecule has 0 saturated carbocycles. The summed E-state index contributed by atoms with van der Waals surface area (Å²) in [7, 11) is 0. The van der Waals surface area contributed by atoms with Crippen molar-refractivity contribution in [3.63, 3.8) is 0 Å². The third-order valence-corrected chi connectivity index (χ3v) is 1.60. The van der Waals surface area contributed by atoms with E-state index in [0.717, 1.165) is 0 Å². The van der Waals surface area contributed by atoms with Gasteiger partial charge in [-0.2, -0.15) is 13.3 Å². The van der Waals surface area contributed by atoms with Gasteiger partial charge < -0.3 is 6.42 Å². The van der Waals surface area contributed by atoms with Gasteiger partial charge in [-0.25, -0.2) is 0 Å². The summed E-state index contributed by atoms with van der Waals surface area (Å²) in [5.41, 5.74) is 0. The van der Waals surface area contributed by atoms with Crippen molar-refractivity contribution in [3.05, 3.63) is 6.42 Å². The van der Waals surface area contributed by atoms with Crippen molar-refractivity contribution in [2.75, 3.05) is 0 Å². The van der Waals surface area contributed by atoms with Gasteiger partial charge in [0.05, 0.1) is 0 Å². The molecule has 0 fully saturated rings. The second-order valence-corrected chi connectivity index (χ2v) is 2.61. The molecule has 0 amide bonds. The SMILES string of the molecule is C[CH-]CCCCCCC.[Zn]. The molecule has 0 spiro atoms. The fourth-order valence-corrected chi connectivity index (χ4v) is 0.952. The number of hydrogen-bond donors (Lipinski definition) is 0. The Balaban J connectivity index is 0. The summed E-state index contributed by atoms with van der Waals surface area (Å²) in [6.45, 7) is 4.39. The van der Waals surface area contributed by atoms with Crippen LogP contribution in [0.15, 0.2) is 0 Å². The van der Waals surface area contributed by atoms with Crippen LogP contribution >= 0.6 is 0 Å². The van der Waals surface area contributed by atoms with Crippen LogP contribution in [0.3, 0.4) is 0 Å². The molecule has 0 radical (unpaired) electrons. The van der Waals surface area contributed by atoms with Crippen LogP contribution in [0.1, 0.15) is 52.4 Å². The summed E-state index contributed by atoms with van der Waals surface area (Å²) in [5.74, 6) is 0. The van der Waals surface area contributed by atoms with Gasteiger partial charge in [0.15, 0.2) is 0 Å². The van der Waals surface area contributed by atoms with Crippen LogP contribution in [0.2, 0.25) is 0 Å². The quantitative estimate of drug-likeness (QED) is 0.343. The molecule has 0 aliphatic heterocycles. The van der Waals surface area contributed by atoms with Crippen molar-refractivity contribution < 1.29 is 19.5 Å². The van der Waals surface area contributed by atoms with Crippen LogP contribution < -0.4 is 0 Å². The van der Waals surface area contributed by atoms with E-state index in [1.165, 1.54) is 38.5 Å². The average molecular weight is 193 g/mol. The van der Waals surface area contributed by atoms with Gasteiger partial charge in [-0.1, -0.05) is 39.0 Å². The van der Waals surface area contributed by atoms with Gasteiger partial charge in [0.2, 0.25) is 0 Å². The van der Waals surface area contributed by atoms with Crippen molar-refractivity contribution >= 4 is 0 Å². The number of unbranched alkanes of at least 4 members (excludes halogenated alkanes) is 6. The molecule has 0 aromatic rings. The standard InChI is InChI=1S/C9H19.Zn/c1-3-5-7-9-8-6-4-2;/h3H,4-9H2,1-2H3;/q-1;. The second-order valence-electron chi connectivity index (χ2n) is 2.61. The molecule has 0 atom stereocenters. The van der Waals surface area contributed by atoms with Gasteiger partial charge >= 0.3 is 0 Å². The Bertz CT molecular complexity index is 38.0. The van der Waals surface area contributed by atoms with E-state index in [2.05, 4.69) is 20.3 Å². The summed E-state index contributed by atoms with van der Waals surface area (Å²) in [6.07, 6.45) is 10.6. The predicted molar refractivity (Wildman–Crippen MR) is 43.4 cm³/mol. The Morgan fingerprint density at radius 3 is 2.10 bits per heavy atom. The normalized spacial score (nSPS) is 9.00. The molecule has 10 heavy (non-hydrogen) atoms. The third-order valence-electron chi connectivity index (χ3n) is 1.60. The third kappa shape index (κ3) is 11.4. The van der Waals surface area contributed by atoms with Crippen LogP contribution in [0.5, 0.6) is 0 Å². The summed E-state index contributed by atoms with van der Waals surface area (Å²) >= 11 is 0. The van der Waals surface area contributed by atoms with Crippen LogP contribution in [0.25, 0.3) is 0 Å². The Labute approximate surface area is 78.5 Å². The Kier molecular flexibility index (Phi) is 16.3. The van der Waals surface area contributed by atoms with Crippen LogP contribution in [-0.4, -0.2) is 0 Å². The minimum Gasteiger partial charge on any atom is -0.332 e. The van der Waals surface area contributed by atoms with Crippen LogP contribution in [0.4, 0.5) is 0 Å². The monoisotopic (exact) mass is 191 g/mol. The Hall–Kier alpha value is 0.623. The first-order chi connectivity index (χ1) is 4.41. The first-order valence-corrected chi connectivity index (χ1v) is 4.19. The molecule has 0 nitrogen and oxygen atoms in total. The van der Waals surface area contributed by atoms with Crippen molar-refractivity contribution in [2.45, 2.75) is 52.4 Å². The topological polar surface area (TPSA) is 0 Å². The average Bonchev–Trinajstić information content (AvgIpc) is 1.89. The minimum absolute atomic E-state index is 0. The van der Waals surface area contributed by atoms with Crippen LogP contribution in [0, 0.1) is 6.42 Å². The van der Waals surface area contributed by atoms with E-state index in [9.17, 15) is 0 Å². The van der Waals surface area contributed by atoms with E-state index >= 15 is 0 Å². The zero-order valence-electron chi connectivity index (χ0n) is 7.53. The van der Waals surface area contributed by atoms with Gasteiger partial charge in [-0.05, 0) is 0 Å². The van der Waals surface area contributed by atoms with Crippen LogP contribution in [-0.2, 0) is 19.5 Å². The molecule has 0 aromatic carbocycles. The predicted octanol–water partition coefficient (Wildman–Crippen LogP) is 3.57. The van der Waals surface area contributed by atoms with Gasteiger partial charge in [0.1, 0.15) is 0 Å². The van der Waals surface area contributed by atoms with E-state index in [1.807, 2.05) is 0 Å². The molecule has 0 aliphatic rings. The van der Waals surface area contributed by atoms with Gasteiger partial charge in [-0.15, -0.1) is 0 Å². The molecular weight excluding hydrogens is 173 g/mol. The molecule has 0 unspecified atom stereocenters. The first kappa shape index (κ1) is 13.2. The van der Waals surface area contributed by atoms with Gasteiger partial charge in [0.25, 0.3) is 0 Å². The van der Waals surface area contributed by atoms with Crippen molar-refractivity contribution in [1.82, 2.24) is 0 Å².